The predicted octanol–water partition coefficient (Wildman–Crippen LogP) is 1.36. The van der Waals surface area contributed by atoms with Gasteiger partial charge >= 0.3 is 0 Å². The van der Waals surface area contributed by atoms with E-state index in [-0.39, 0.29) is 0 Å². The Labute approximate surface area is 122 Å². The normalized spacial score (nSPS) is 11.5. The average molecular weight is 351 g/mol. The first-order valence-corrected chi connectivity index (χ1v) is 8.69. The van der Waals surface area contributed by atoms with Gasteiger partial charge in [-0.1, -0.05) is 22.0 Å². The molecule has 0 aliphatic heterocycles. The highest BCUT2D eigenvalue weighted by atomic mass is 79.9. The molecule has 7 heteroatoms. The lowest BCUT2D eigenvalue weighted by Crippen LogP contribution is -2.28. The molecule has 0 unspecified atom stereocenters. The summed E-state index contributed by atoms with van der Waals surface area (Å²) in [7, 11) is -3.07. The summed E-state index contributed by atoms with van der Waals surface area (Å²) in [6.07, 6.45) is 1.91. The van der Waals surface area contributed by atoms with Crippen LogP contribution in [0.2, 0.25) is 0 Å². The van der Waals surface area contributed by atoms with Crippen molar-refractivity contribution in [2.24, 2.45) is 0 Å². The molecule has 0 saturated heterocycles. The number of nitrogens with one attached hydrogen (secondary N) is 2. The minimum atomic E-state index is -3.07. The second-order valence-electron chi connectivity index (χ2n) is 4.08. The van der Waals surface area contributed by atoms with Crippen molar-refractivity contribution in [2.45, 2.75) is 6.42 Å². The molecule has 0 amide bonds. The van der Waals surface area contributed by atoms with E-state index in [1.54, 1.807) is 0 Å². The van der Waals surface area contributed by atoms with Crippen LogP contribution in [-0.2, 0) is 10.0 Å². The lowest BCUT2D eigenvalue weighted by atomic mass is 10.3. The van der Waals surface area contributed by atoms with Crippen molar-refractivity contribution in [1.29, 1.82) is 0 Å². The Hall–Kier alpha value is -0.630. The minimum absolute atomic E-state index is 0.457. The highest BCUT2D eigenvalue weighted by molar-refractivity contribution is 9.10. The number of rotatable bonds is 9. The van der Waals surface area contributed by atoms with E-state index in [0.29, 0.717) is 13.2 Å². The third-order valence-electron chi connectivity index (χ3n) is 2.24. The number of hydrogen-bond acceptors (Lipinski definition) is 4. The van der Waals surface area contributed by atoms with Crippen molar-refractivity contribution >= 4 is 26.0 Å². The molecule has 0 aromatic heterocycles. The zero-order valence-corrected chi connectivity index (χ0v) is 13.3. The van der Waals surface area contributed by atoms with E-state index in [1.165, 1.54) is 0 Å². The molecule has 1 aromatic rings. The summed E-state index contributed by atoms with van der Waals surface area (Å²) in [5.74, 6) is 0.829. The van der Waals surface area contributed by atoms with Crippen LogP contribution in [-0.4, -0.2) is 40.9 Å². The van der Waals surface area contributed by atoms with E-state index in [4.69, 9.17) is 4.74 Å². The summed E-state index contributed by atoms with van der Waals surface area (Å²) < 4.78 is 30.6. The van der Waals surface area contributed by atoms with Crippen LogP contribution in [0, 0.1) is 0 Å². The molecule has 0 fully saturated rings. The lowest BCUT2D eigenvalue weighted by molar-refractivity contribution is 0.314. The Bertz CT molecular complexity index is 480. The van der Waals surface area contributed by atoms with Crippen molar-refractivity contribution in [3.8, 4) is 5.75 Å². The van der Waals surface area contributed by atoms with Gasteiger partial charge in [0.25, 0.3) is 0 Å². The molecule has 0 radical (unpaired) electrons. The van der Waals surface area contributed by atoms with Crippen molar-refractivity contribution in [3.63, 3.8) is 0 Å². The van der Waals surface area contributed by atoms with Crippen LogP contribution in [0.15, 0.2) is 28.7 Å². The molecule has 5 nitrogen and oxygen atoms in total. The molecule has 0 bridgehead atoms. The molecule has 0 aliphatic carbocycles. The molecule has 2 N–H and O–H groups in total. The van der Waals surface area contributed by atoms with Gasteiger partial charge in [-0.3, -0.25) is 0 Å². The lowest BCUT2D eigenvalue weighted by Gasteiger charge is -2.08. The quantitative estimate of drug-likeness (QED) is 0.660. The molecule has 0 spiro atoms. The summed E-state index contributed by atoms with van der Waals surface area (Å²) in [6, 6.07) is 7.68. The molecule has 1 aromatic carbocycles. The SMILES string of the molecule is CS(=O)(=O)NCCCNCCOc1cccc(Br)c1. The third-order valence-corrected chi connectivity index (χ3v) is 3.46. The molecule has 0 heterocycles. The van der Waals surface area contributed by atoms with Crippen LogP contribution < -0.4 is 14.8 Å². The van der Waals surface area contributed by atoms with Gasteiger partial charge in [0.15, 0.2) is 0 Å². The van der Waals surface area contributed by atoms with Gasteiger partial charge in [0.05, 0.1) is 6.26 Å². The number of sulfonamides is 1. The van der Waals surface area contributed by atoms with Crippen molar-refractivity contribution in [3.05, 3.63) is 28.7 Å². The number of benzene rings is 1. The van der Waals surface area contributed by atoms with Gasteiger partial charge in [-0.2, -0.15) is 0 Å². The van der Waals surface area contributed by atoms with E-state index in [0.717, 1.165) is 36.0 Å². The maximum atomic E-state index is 10.8. The summed E-state index contributed by atoms with van der Waals surface area (Å²) in [6.45, 7) is 2.52. The van der Waals surface area contributed by atoms with E-state index in [1.807, 2.05) is 24.3 Å². The Kier molecular flexibility index (Phi) is 7.37. The van der Waals surface area contributed by atoms with E-state index < -0.39 is 10.0 Å². The predicted molar refractivity (Wildman–Crippen MR) is 80.0 cm³/mol. The number of hydrogen-bond donors (Lipinski definition) is 2. The number of halogens is 1. The Morgan fingerprint density at radius 1 is 1.26 bits per heavy atom. The monoisotopic (exact) mass is 350 g/mol. The van der Waals surface area contributed by atoms with Crippen LogP contribution in [0.5, 0.6) is 5.75 Å². The van der Waals surface area contributed by atoms with Crippen LogP contribution >= 0.6 is 15.9 Å². The maximum absolute atomic E-state index is 10.8. The fraction of sp³-hybridized carbons (Fsp3) is 0.500. The first kappa shape index (κ1) is 16.4. The Balaban J connectivity index is 2.00. The van der Waals surface area contributed by atoms with Crippen molar-refractivity contribution in [1.82, 2.24) is 10.0 Å². The first-order valence-electron chi connectivity index (χ1n) is 6.01. The highest BCUT2D eigenvalue weighted by Crippen LogP contribution is 2.17. The van der Waals surface area contributed by atoms with Crippen molar-refractivity contribution < 1.29 is 13.2 Å². The zero-order valence-electron chi connectivity index (χ0n) is 10.9. The van der Waals surface area contributed by atoms with Gasteiger partial charge in [0.1, 0.15) is 12.4 Å². The average Bonchev–Trinajstić information content (AvgIpc) is 2.31. The maximum Gasteiger partial charge on any atom is 0.208 e. The second kappa shape index (κ2) is 8.52. The number of ether oxygens (including phenoxy) is 1. The van der Waals surface area contributed by atoms with Crippen LogP contribution in [0.4, 0.5) is 0 Å². The fourth-order valence-electron chi connectivity index (χ4n) is 1.39. The van der Waals surface area contributed by atoms with E-state index in [2.05, 4.69) is 26.0 Å². The van der Waals surface area contributed by atoms with Gasteiger partial charge < -0.3 is 10.1 Å². The molecule has 0 atom stereocenters. The molecule has 0 aliphatic rings. The molecular formula is C12H19BrN2O3S. The first-order chi connectivity index (χ1) is 8.97. The van der Waals surface area contributed by atoms with Gasteiger partial charge in [-0.05, 0) is 31.2 Å². The summed E-state index contributed by atoms with van der Waals surface area (Å²) in [5, 5.41) is 3.18. The van der Waals surface area contributed by atoms with E-state index >= 15 is 0 Å². The topological polar surface area (TPSA) is 67.4 Å². The van der Waals surface area contributed by atoms with Gasteiger partial charge in [-0.15, -0.1) is 0 Å². The van der Waals surface area contributed by atoms with Gasteiger partial charge in [0, 0.05) is 17.6 Å². The summed E-state index contributed by atoms with van der Waals surface area (Å²) in [5.41, 5.74) is 0. The third kappa shape index (κ3) is 8.99. The standard InChI is InChI=1S/C12H19BrN2O3S/c1-19(16,17)15-7-3-6-14-8-9-18-12-5-2-4-11(13)10-12/h2,4-5,10,14-15H,3,6-9H2,1H3. The molecule has 1 rings (SSSR count). The summed E-state index contributed by atoms with van der Waals surface area (Å²) >= 11 is 3.38. The van der Waals surface area contributed by atoms with Crippen LogP contribution in [0.3, 0.4) is 0 Å². The van der Waals surface area contributed by atoms with Crippen LogP contribution in [0.25, 0.3) is 0 Å². The molecule has 19 heavy (non-hydrogen) atoms. The largest absolute Gasteiger partial charge is 0.492 e. The minimum Gasteiger partial charge on any atom is -0.492 e. The van der Waals surface area contributed by atoms with E-state index in [9.17, 15) is 8.42 Å². The fourth-order valence-corrected chi connectivity index (χ4v) is 2.29. The second-order valence-corrected chi connectivity index (χ2v) is 6.82. The van der Waals surface area contributed by atoms with Gasteiger partial charge in [-0.25, -0.2) is 13.1 Å². The zero-order chi connectivity index (χ0) is 14.1. The summed E-state index contributed by atoms with van der Waals surface area (Å²) in [4.78, 5) is 0. The van der Waals surface area contributed by atoms with Crippen LogP contribution in [0.1, 0.15) is 6.42 Å². The van der Waals surface area contributed by atoms with Gasteiger partial charge in [0.2, 0.25) is 10.0 Å². The molecule has 108 valence electrons. The Morgan fingerprint density at radius 3 is 2.74 bits per heavy atom. The molecule has 0 saturated carbocycles. The van der Waals surface area contributed by atoms with Crippen molar-refractivity contribution in [2.75, 3.05) is 32.5 Å². The molecular weight excluding hydrogens is 332 g/mol. The smallest absolute Gasteiger partial charge is 0.208 e. The highest BCUT2D eigenvalue weighted by Gasteiger charge is 1.98. The Morgan fingerprint density at radius 2 is 2.05 bits per heavy atom.